The van der Waals surface area contributed by atoms with Crippen LogP contribution in [0.25, 0.3) is 27.9 Å². The highest BCUT2D eigenvalue weighted by atomic mass is 35.5. The Labute approximate surface area is 124 Å². The number of halogens is 1. The third-order valence-corrected chi connectivity index (χ3v) is 3.51. The summed E-state index contributed by atoms with van der Waals surface area (Å²) in [6.07, 6.45) is 5.20. The number of anilines is 1. The lowest BCUT2D eigenvalue weighted by Crippen LogP contribution is -1.96. The van der Waals surface area contributed by atoms with Crippen molar-refractivity contribution in [3.8, 4) is 11.3 Å². The van der Waals surface area contributed by atoms with Gasteiger partial charge >= 0.3 is 0 Å². The number of aromatic nitrogens is 6. The van der Waals surface area contributed by atoms with Crippen LogP contribution in [-0.2, 0) is 0 Å². The van der Waals surface area contributed by atoms with Crippen LogP contribution in [0.1, 0.15) is 0 Å². The number of hydrogen-bond acceptors (Lipinski definition) is 5. The zero-order valence-electron chi connectivity index (χ0n) is 11.0. The van der Waals surface area contributed by atoms with E-state index < -0.39 is 0 Å². The molecule has 0 fully saturated rings. The van der Waals surface area contributed by atoms with Crippen molar-refractivity contribution < 1.29 is 0 Å². The van der Waals surface area contributed by atoms with Crippen molar-refractivity contribution in [2.75, 3.05) is 12.4 Å². The molecule has 7 nitrogen and oxygen atoms in total. The second-order valence-corrected chi connectivity index (χ2v) is 4.86. The van der Waals surface area contributed by atoms with Crippen LogP contribution in [0.3, 0.4) is 0 Å². The zero-order chi connectivity index (χ0) is 14.4. The quantitative estimate of drug-likeness (QED) is 0.593. The molecule has 0 bridgehead atoms. The first-order chi connectivity index (χ1) is 10.3. The maximum Gasteiger partial charge on any atom is 0.224 e. The topological polar surface area (TPSA) is 83.8 Å². The van der Waals surface area contributed by atoms with E-state index in [4.69, 9.17) is 11.6 Å². The number of fused-ring (bicyclic) bond motifs is 2. The molecule has 0 amide bonds. The molecule has 4 heterocycles. The van der Waals surface area contributed by atoms with Gasteiger partial charge in [-0.3, -0.25) is 0 Å². The van der Waals surface area contributed by atoms with Crippen molar-refractivity contribution in [3.05, 3.63) is 35.9 Å². The van der Waals surface area contributed by atoms with Gasteiger partial charge in [0.25, 0.3) is 0 Å². The lowest BCUT2D eigenvalue weighted by atomic mass is 10.2. The van der Waals surface area contributed by atoms with Gasteiger partial charge in [-0.25, -0.2) is 14.5 Å². The van der Waals surface area contributed by atoms with E-state index in [0.717, 1.165) is 22.3 Å². The van der Waals surface area contributed by atoms with Crippen molar-refractivity contribution in [2.45, 2.75) is 0 Å². The predicted octanol–water partition coefficient (Wildman–Crippen LogP) is 2.36. The van der Waals surface area contributed by atoms with Crippen LogP contribution in [-0.4, -0.2) is 36.6 Å². The fraction of sp³-hybridized carbons (Fsp3) is 0.0769. The molecule has 0 saturated heterocycles. The van der Waals surface area contributed by atoms with E-state index in [1.807, 2.05) is 18.3 Å². The van der Waals surface area contributed by atoms with Crippen molar-refractivity contribution in [1.29, 1.82) is 0 Å². The standard InChI is InChI=1S/C13H10ClN7/c1-15-13-18-5-8-7(4-17-12(8)19-13)9-2-3-11-16-6-10(14)21(11)20-9/h2-6H,1H3,(H2,15,17,18,19). The molecule has 4 aromatic heterocycles. The number of hydrogen-bond donors (Lipinski definition) is 2. The number of nitrogens with zero attached hydrogens (tertiary/aromatic N) is 5. The molecule has 0 aliphatic heterocycles. The normalized spacial score (nSPS) is 11.3. The fourth-order valence-corrected chi connectivity index (χ4v) is 2.40. The predicted molar refractivity (Wildman–Crippen MR) is 80.4 cm³/mol. The molecule has 21 heavy (non-hydrogen) atoms. The molecule has 104 valence electrons. The highest BCUT2D eigenvalue weighted by molar-refractivity contribution is 6.29. The van der Waals surface area contributed by atoms with Gasteiger partial charge in [-0.1, -0.05) is 11.6 Å². The van der Waals surface area contributed by atoms with Crippen LogP contribution in [0.2, 0.25) is 5.15 Å². The monoisotopic (exact) mass is 299 g/mol. The van der Waals surface area contributed by atoms with Crippen LogP contribution < -0.4 is 5.32 Å². The Morgan fingerprint density at radius 3 is 3.00 bits per heavy atom. The minimum absolute atomic E-state index is 0.473. The van der Waals surface area contributed by atoms with Gasteiger partial charge in [-0.15, -0.1) is 0 Å². The summed E-state index contributed by atoms with van der Waals surface area (Å²) in [5, 5.41) is 8.78. The second kappa shape index (κ2) is 4.42. The lowest BCUT2D eigenvalue weighted by Gasteiger charge is -2.01. The number of rotatable bonds is 2. The van der Waals surface area contributed by atoms with Crippen molar-refractivity contribution in [3.63, 3.8) is 0 Å². The Morgan fingerprint density at radius 2 is 2.14 bits per heavy atom. The van der Waals surface area contributed by atoms with Gasteiger partial charge in [-0.05, 0) is 12.1 Å². The molecule has 4 rings (SSSR count). The third-order valence-electron chi connectivity index (χ3n) is 3.25. The maximum atomic E-state index is 6.06. The number of aromatic amines is 1. The van der Waals surface area contributed by atoms with Crippen LogP contribution in [0, 0.1) is 0 Å². The smallest absolute Gasteiger partial charge is 0.224 e. The van der Waals surface area contributed by atoms with Crippen molar-refractivity contribution >= 4 is 34.2 Å². The van der Waals surface area contributed by atoms with Gasteiger partial charge < -0.3 is 10.3 Å². The van der Waals surface area contributed by atoms with E-state index in [9.17, 15) is 0 Å². The first-order valence-corrected chi connectivity index (χ1v) is 6.66. The summed E-state index contributed by atoms with van der Waals surface area (Å²) >= 11 is 6.06. The molecule has 0 aliphatic carbocycles. The summed E-state index contributed by atoms with van der Waals surface area (Å²) in [5.41, 5.74) is 3.15. The molecular formula is C13H10ClN7. The molecule has 0 radical (unpaired) electrons. The third kappa shape index (κ3) is 1.82. The Kier molecular flexibility index (Phi) is 2.55. The largest absolute Gasteiger partial charge is 0.357 e. The van der Waals surface area contributed by atoms with E-state index in [0.29, 0.717) is 16.7 Å². The molecule has 0 unspecified atom stereocenters. The molecule has 4 aromatic rings. The van der Waals surface area contributed by atoms with E-state index in [2.05, 4.69) is 30.4 Å². The van der Waals surface area contributed by atoms with E-state index in [-0.39, 0.29) is 0 Å². The summed E-state index contributed by atoms with van der Waals surface area (Å²) in [6.45, 7) is 0. The number of H-pyrrole nitrogens is 1. The summed E-state index contributed by atoms with van der Waals surface area (Å²) in [5.74, 6) is 0.567. The maximum absolute atomic E-state index is 6.06. The summed E-state index contributed by atoms with van der Waals surface area (Å²) in [7, 11) is 1.78. The highest BCUT2D eigenvalue weighted by Crippen LogP contribution is 2.26. The van der Waals surface area contributed by atoms with Crippen LogP contribution >= 0.6 is 11.6 Å². The Bertz CT molecular complexity index is 956. The zero-order valence-corrected chi connectivity index (χ0v) is 11.8. The highest BCUT2D eigenvalue weighted by Gasteiger charge is 2.11. The fourth-order valence-electron chi connectivity index (χ4n) is 2.23. The number of nitrogens with one attached hydrogen (secondary N) is 2. The molecule has 0 atom stereocenters. The van der Waals surface area contributed by atoms with Crippen molar-refractivity contribution in [2.24, 2.45) is 0 Å². The molecule has 0 saturated carbocycles. The van der Waals surface area contributed by atoms with Crippen LogP contribution in [0.15, 0.2) is 30.7 Å². The summed E-state index contributed by atoms with van der Waals surface area (Å²) < 4.78 is 1.60. The van der Waals surface area contributed by atoms with E-state index >= 15 is 0 Å². The van der Waals surface area contributed by atoms with Gasteiger partial charge in [0.2, 0.25) is 5.95 Å². The van der Waals surface area contributed by atoms with Gasteiger partial charge in [0.1, 0.15) is 5.65 Å². The number of imidazole rings is 1. The van der Waals surface area contributed by atoms with Gasteiger partial charge in [0.15, 0.2) is 10.8 Å². The molecule has 0 spiro atoms. The first kappa shape index (κ1) is 12.1. The first-order valence-electron chi connectivity index (χ1n) is 6.29. The average molecular weight is 300 g/mol. The van der Waals surface area contributed by atoms with Crippen LogP contribution in [0.4, 0.5) is 5.95 Å². The minimum Gasteiger partial charge on any atom is -0.357 e. The van der Waals surface area contributed by atoms with Gasteiger partial charge in [0.05, 0.1) is 11.9 Å². The molecule has 2 N–H and O–H groups in total. The Hall–Kier alpha value is -2.67. The van der Waals surface area contributed by atoms with Crippen molar-refractivity contribution in [1.82, 2.24) is 29.5 Å². The minimum atomic E-state index is 0.473. The lowest BCUT2D eigenvalue weighted by molar-refractivity contribution is 0.944. The molecule has 0 aromatic carbocycles. The summed E-state index contributed by atoms with van der Waals surface area (Å²) in [4.78, 5) is 15.9. The van der Waals surface area contributed by atoms with Crippen LogP contribution in [0.5, 0.6) is 0 Å². The van der Waals surface area contributed by atoms with E-state index in [1.54, 1.807) is 24.0 Å². The average Bonchev–Trinajstić information content (AvgIpc) is 3.10. The van der Waals surface area contributed by atoms with Gasteiger partial charge in [-0.2, -0.15) is 10.1 Å². The Balaban J connectivity index is 1.93. The van der Waals surface area contributed by atoms with E-state index in [1.165, 1.54) is 0 Å². The summed E-state index contributed by atoms with van der Waals surface area (Å²) in [6, 6.07) is 3.77. The molecule has 0 aliphatic rings. The Morgan fingerprint density at radius 1 is 1.24 bits per heavy atom. The second-order valence-electron chi connectivity index (χ2n) is 4.48. The van der Waals surface area contributed by atoms with Gasteiger partial charge in [0, 0.05) is 30.4 Å². The molecular weight excluding hydrogens is 290 g/mol. The SMILES string of the molecule is CNc1ncc2c(-c3ccc4ncc(Cl)n4n3)c[nH]c2n1. The molecule has 8 heteroatoms.